The van der Waals surface area contributed by atoms with Crippen LogP contribution in [0.1, 0.15) is 37.3 Å². The standard InChI is InChI=1S/C22H24N2O8.C6H8O7/c1-21(31)8-5-4-6-11(25)12(8)16(26)13-9(21)7-10-15(24(2)3)17(27)14(20(23)30)19(29)22(10,32)18(13)28;7-3(8)1-6(13,5(11)12)2-4(9)10/h4-6,9-10,15,25-26,29,31-32H,7H2,1-3H3,(H2,23,30);13H,1-2H2,(H,7,8)(H,9,10)(H,11,12)/p-3. The second-order valence-electron chi connectivity index (χ2n) is 11.4. The van der Waals surface area contributed by atoms with Gasteiger partial charge in [-0.1, -0.05) is 12.1 Å². The lowest BCUT2D eigenvalue weighted by Gasteiger charge is -2.53. The molecule has 5 atom stereocenters. The molecule has 0 aliphatic heterocycles. The molecule has 17 nitrogen and oxygen atoms in total. The number of carbonyl (C=O) groups is 6. The van der Waals surface area contributed by atoms with E-state index in [0.717, 1.165) is 0 Å². The minimum Gasteiger partial charge on any atom is -0.550 e. The van der Waals surface area contributed by atoms with Crippen molar-refractivity contribution in [3.8, 4) is 5.75 Å². The molecule has 0 spiro atoms. The molecule has 0 heterocycles. The van der Waals surface area contributed by atoms with Crippen LogP contribution >= 0.6 is 0 Å². The summed E-state index contributed by atoms with van der Waals surface area (Å²) in [4.78, 5) is 70.0. The third kappa shape index (κ3) is 5.50. The van der Waals surface area contributed by atoms with Crippen molar-refractivity contribution in [2.24, 2.45) is 17.6 Å². The summed E-state index contributed by atoms with van der Waals surface area (Å²) in [5, 5.41) is 93.8. The van der Waals surface area contributed by atoms with Gasteiger partial charge >= 0.3 is 0 Å². The van der Waals surface area contributed by atoms with Gasteiger partial charge in [-0.3, -0.25) is 19.3 Å². The Balaban J connectivity index is 0.000000360. The van der Waals surface area contributed by atoms with Gasteiger partial charge in [0.15, 0.2) is 11.4 Å². The van der Waals surface area contributed by atoms with Crippen molar-refractivity contribution < 1.29 is 74.7 Å². The van der Waals surface area contributed by atoms with Crippen molar-refractivity contribution in [3.05, 3.63) is 46.2 Å². The zero-order valence-corrected chi connectivity index (χ0v) is 24.0. The Bertz CT molecular complexity index is 1560. The van der Waals surface area contributed by atoms with Crippen molar-refractivity contribution in [2.75, 3.05) is 14.1 Å². The molecule has 1 fully saturated rings. The number of phenols is 1. The Morgan fingerprint density at radius 2 is 1.56 bits per heavy atom. The molecule has 1 aromatic carbocycles. The zero-order valence-electron chi connectivity index (χ0n) is 24.0. The number of nitrogens with zero attached hydrogens (tertiary/aromatic N) is 1. The number of aliphatic hydroxyl groups is 5. The third-order valence-electron chi connectivity index (χ3n) is 8.27. The Kier molecular flexibility index (Phi) is 8.92. The topological polar surface area (TPSA) is 322 Å². The maximum absolute atomic E-state index is 13.7. The van der Waals surface area contributed by atoms with E-state index in [2.05, 4.69) is 0 Å². The fourth-order valence-corrected chi connectivity index (χ4v) is 6.19. The first-order valence-corrected chi connectivity index (χ1v) is 13.1. The van der Waals surface area contributed by atoms with Crippen LogP contribution in [0.2, 0.25) is 0 Å². The predicted octanol–water partition coefficient (Wildman–Crippen LogP) is -5.62. The van der Waals surface area contributed by atoms with Gasteiger partial charge < -0.3 is 66.1 Å². The van der Waals surface area contributed by atoms with Gasteiger partial charge in [0.1, 0.15) is 28.4 Å². The first kappa shape index (κ1) is 34.6. The molecule has 4 rings (SSSR count). The summed E-state index contributed by atoms with van der Waals surface area (Å²) in [7, 11) is 3.01. The van der Waals surface area contributed by atoms with Crippen molar-refractivity contribution in [3.63, 3.8) is 0 Å². The molecular formula is C28H29N2O15-3. The number of ketones is 2. The van der Waals surface area contributed by atoms with E-state index < -0.39 is 111 Å². The lowest BCUT2D eigenvalue weighted by atomic mass is 9.54. The maximum Gasteiger partial charge on any atom is 0.255 e. The van der Waals surface area contributed by atoms with E-state index in [1.807, 2.05) is 0 Å². The summed E-state index contributed by atoms with van der Waals surface area (Å²) in [6.07, 6.45) is -2.92. The number of nitrogens with two attached hydrogens (primary N) is 1. The number of benzene rings is 1. The summed E-state index contributed by atoms with van der Waals surface area (Å²) in [5.41, 5.74) is -3.52. The SMILES string of the molecule is CN(C)C1C(=O)C(C(N)=O)=C(O)C2(O)C(=O)C3=C(O)c4c(O)cccc4C(C)(O)C3CC12.O=C([O-])CC(O)(CC(=O)[O-])C(=O)[O-]. The molecule has 244 valence electrons. The number of rotatable bonds is 7. The van der Waals surface area contributed by atoms with Crippen molar-refractivity contribution in [1.82, 2.24) is 4.90 Å². The van der Waals surface area contributed by atoms with E-state index >= 15 is 0 Å². The summed E-state index contributed by atoms with van der Waals surface area (Å²) in [6, 6.07) is 3.02. The number of fused-ring (bicyclic) bond motifs is 3. The molecule has 3 aliphatic carbocycles. The summed E-state index contributed by atoms with van der Waals surface area (Å²) < 4.78 is 0. The highest BCUT2D eigenvalue weighted by Gasteiger charge is 2.66. The fourth-order valence-electron chi connectivity index (χ4n) is 6.19. The minimum atomic E-state index is -2.97. The van der Waals surface area contributed by atoms with E-state index in [9.17, 15) is 69.6 Å². The molecular weight excluding hydrogens is 604 g/mol. The van der Waals surface area contributed by atoms with Crippen molar-refractivity contribution in [1.29, 1.82) is 0 Å². The van der Waals surface area contributed by atoms with E-state index in [1.165, 1.54) is 44.1 Å². The second kappa shape index (κ2) is 11.6. The first-order chi connectivity index (χ1) is 20.5. The van der Waals surface area contributed by atoms with Crippen LogP contribution in [-0.2, 0) is 34.4 Å². The lowest BCUT2D eigenvalue weighted by molar-refractivity contribution is -0.339. The van der Waals surface area contributed by atoms with Crippen molar-refractivity contribution in [2.45, 2.75) is 49.0 Å². The molecule has 0 aromatic heterocycles. The van der Waals surface area contributed by atoms with Gasteiger partial charge in [0, 0.05) is 42.2 Å². The molecule has 0 bridgehead atoms. The molecule has 1 saturated carbocycles. The lowest BCUT2D eigenvalue weighted by Crippen LogP contribution is -2.67. The van der Waals surface area contributed by atoms with Gasteiger partial charge in [0.25, 0.3) is 5.91 Å². The highest BCUT2D eigenvalue weighted by atomic mass is 16.4. The van der Waals surface area contributed by atoms with Crippen LogP contribution in [0.15, 0.2) is 35.1 Å². The van der Waals surface area contributed by atoms with Gasteiger partial charge in [-0.15, -0.1) is 0 Å². The van der Waals surface area contributed by atoms with E-state index in [-0.39, 0.29) is 17.5 Å². The minimum absolute atomic E-state index is 0.170. The molecule has 1 amide bonds. The number of carboxylic acid groups (broad SMARTS) is 3. The number of carboxylic acids is 3. The number of hydrogen-bond acceptors (Lipinski definition) is 16. The fraction of sp³-hybridized carbons (Fsp3) is 0.429. The Hall–Kier alpha value is -4.84. The number of aliphatic hydroxyl groups excluding tert-OH is 2. The molecule has 3 aliphatic rings. The second-order valence-corrected chi connectivity index (χ2v) is 11.4. The van der Waals surface area contributed by atoms with E-state index in [4.69, 9.17) is 10.8 Å². The number of hydrogen-bond donors (Lipinski definition) is 7. The van der Waals surface area contributed by atoms with Gasteiger partial charge in [0.05, 0.1) is 23.2 Å². The highest BCUT2D eigenvalue weighted by Crippen LogP contribution is 2.57. The van der Waals surface area contributed by atoms with Crippen LogP contribution in [0.25, 0.3) is 5.76 Å². The smallest absolute Gasteiger partial charge is 0.255 e. The van der Waals surface area contributed by atoms with E-state index in [1.54, 1.807) is 0 Å². The summed E-state index contributed by atoms with van der Waals surface area (Å²) in [5.74, 6) is -13.9. The monoisotopic (exact) mass is 633 g/mol. The van der Waals surface area contributed by atoms with Crippen LogP contribution in [0.3, 0.4) is 0 Å². The Labute approximate surface area is 253 Å². The van der Waals surface area contributed by atoms with E-state index in [0.29, 0.717) is 0 Å². The quantitative estimate of drug-likeness (QED) is 0.138. The third-order valence-corrected chi connectivity index (χ3v) is 8.27. The molecule has 0 radical (unpaired) electrons. The van der Waals surface area contributed by atoms with Gasteiger partial charge in [-0.25, -0.2) is 0 Å². The number of likely N-dealkylation sites (N-methyl/N-ethyl adjacent to an activating group) is 1. The number of amides is 1. The predicted molar refractivity (Wildman–Crippen MR) is 139 cm³/mol. The van der Waals surface area contributed by atoms with Crippen LogP contribution < -0.4 is 21.1 Å². The Morgan fingerprint density at radius 3 is 2.00 bits per heavy atom. The number of phenolic OH excluding ortho intramolecular Hbond substituents is 1. The van der Waals surface area contributed by atoms with Crippen LogP contribution in [0, 0.1) is 11.8 Å². The average Bonchev–Trinajstić information content (AvgIpc) is 2.88. The van der Waals surface area contributed by atoms with Crippen LogP contribution in [0.4, 0.5) is 0 Å². The molecule has 5 unspecified atom stereocenters. The molecule has 8 N–H and O–H groups in total. The van der Waals surface area contributed by atoms with Gasteiger partial charge in [-0.05, 0) is 39.1 Å². The van der Waals surface area contributed by atoms with Gasteiger partial charge in [-0.2, -0.15) is 0 Å². The molecule has 45 heavy (non-hydrogen) atoms. The highest BCUT2D eigenvalue weighted by molar-refractivity contribution is 6.24. The normalized spacial score (nSPS) is 27.6. The van der Waals surface area contributed by atoms with Crippen LogP contribution in [-0.4, -0.2) is 102 Å². The largest absolute Gasteiger partial charge is 0.550 e. The van der Waals surface area contributed by atoms with Crippen molar-refractivity contribution >= 4 is 41.1 Å². The summed E-state index contributed by atoms with van der Waals surface area (Å²) in [6.45, 7) is 1.40. The van der Waals surface area contributed by atoms with Crippen LogP contribution in [0.5, 0.6) is 5.75 Å². The number of carbonyl (C=O) groups excluding carboxylic acids is 6. The number of Topliss-reactive ketones (excluding diaryl/α,β-unsaturated/α-hetero) is 2. The Morgan fingerprint density at radius 1 is 1.02 bits per heavy atom. The number of primary amides is 1. The zero-order chi connectivity index (χ0) is 34.6. The molecule has 1 aromatic rings. The number of aliphatic carboxylic acids is 3. The maximum atomic E-state index is 13.7. The number of aromatic hydroxyl groups is 1. The molecule has 17 heteroatoms. The summed E-state index contributed by atoms with van der Waals surface area (Å²) >= 11 is 0. The van der Waals surface area contributed by atoms with Gasteiger partial charge in [0.2, 0.25) is 5.78 Å². The average molecular weight is 634 g/mol. The molecule has 0 saturated heterocycles. The first-order valence-electron chi connectivity index (χ1n) is 13.1.